The zero-order valence-electron chi connectivity index (χ0n) is 21.5. The fraction of sp³-hybridized carbons (Fsp3) is 0.810. The zero-order valence-corrected chi connectivity index (χ0v) is 22.4. The van der Waals surface area contributed by atoms with E-state index in [4.69, 9.17) is 38.8 Å². The molecule has 0 aliphatic heterocycles. The first kappa shape index (κ1) is 33.4. The first-order valence-electron chi connectivity index (χ1n) is 11.9. The third-order valence-corrected chi connectivity index (χ3v) is 5.95. The molecular formula is C21H40N3O11P. The minimum atomic E-state index is -4.19. The van der Waals surface area contributed by atoms with Crippen LogP contribution in [0.1, 0.15) is 59.3 Å². The van der Waals surface area contributed by atoms with Crippen LogP contribution < -0.4 is 5.73 Å². The van der Waals surface area contributed by atoms with Crippen molar-refractivity contribution in [2.75, 3.05) is 46.7 Å². The lowest BCUT2D eigenvalue weighted by atomic mass is 10.3. The van der Waals surface area contributed by atoms with Gasteiger partial charge >= 0.3 is 26.0 Å². The Balaban J connectivity index is 4.81. The van der Waals surface area contributed by atoms with Crippen LogP contribution in [0.5, 0.6) is 0 Å². The number of carboxylic acids is 1. The lowest BCUT2D eigenvalue weighted by Crippen LogP contribution is -2.44. The second-order valence-corrected chi connectivity index (χ2v) is 9.18. The number of hydrogen-bond donors (Lipinski definition) is 2. The van der Waals surface area contributed by atoms with Crippen LogP contribution in [0.15, 0.2) is 4.76 Å². The summed E-state index contributed by atoms with van der Waals surface area (Å²) in [6.45, 7) is 5.32. The number of carboxylic acid groups (broad SMARTS) is 1. The molecule has 0 aromatic carbocycles. The molecule has 36 heavy (non-hydrogen) atoms. The van der Waals surface area contributed by atoms with Gasteiger partial charge in [0, 0.05) is 19.9 Å². The highest BCUT2D eigenvalue weighted by Crippen LogP contribution is 2.50. The van der Waals surface area contributed by atoms with Crippen molar-refractivity contribution < 1.29 is 52.1 Å². The van der Waals surface area contributed by atoms with E-state index < -0.39 is 32.1 Å². The van der Waals surface area contributed by atoms with Crippen LogP contribution in [0, 0.1) is 0 Å². The monoisotopic (exact) mass is 541 g/mol. The van der Waals surface area contributed by atoms with E-state index in [0.717, 1.165) is 30.6 Å². The number of hydrogen-bond acceptors (Lipinski definition) is 10. The predicted octanol–water partition coefficient (Wildman–Crippen LogP) is 3.53. The van der Waals surface area contributed by atoms with Gasteiger partial charge in [-0.15, -0.1) is 4.76 Å². The molecule has 0 saturated carbocycles. The Morgan fingerprint density at radius 3 is 1.58 bits per heavy atom. The average molecular weight is 542 g/mol. The Morgan fingerprint density at radius 2 is 1.22 bits per heavy atom. The first-order chi connectivity index (χ1) is 17.1. The van der Waals surface area contributed by atoms with Crippen LogP contribution in [-0.4, -0.2) is 87.0 Å². The maximum absolute atomic E-state index is 13.1. The van der Waals surface area contributed by atoms with Crippen molar-refractivity contribution in [2.45, 2.75) is 65.3 Å². The maximum Gasteiger partial charge on any atom is 0.508 e. The van der Waals surface area contributed by atoms with E-state index in [1.165, 1.54) is 14.0 Å². The second-order valence-electron chi connectivity index (χ2n) is 7.53. The molecule has 3 N–H and O–H groups in total. The molecule has 1 unspecified atom stereocenters. The third-order valence-electron chi connectivity index (χ3n) is 4.49. The van der Waals surface area contributed by atoms with Crippen molar-refractivity contribution in [3.63, 3.8) is 0 Å². The number of ether oxygens (including phenoxy) is 4. The van der Waals surface area contributed by atoms with Crippen LogP contribution in [0.4, 0.5) is 9.59 Å². The molecule has 0 saturated heterocycles. The molecule has 0 aromatic rings. The van der Waals surface area contributed by atoms with E-state index in [1.54, 1.807) is 0 Å². The first-order valence-corrected chi connectivity index (χ1v) is 13.3. The SMILES string of the molecule is CCCCOC(=O)OCCCOP(=O)(N=C(N)N(C)C(C)C(=O)O)OCCCOC(=O)OCCCC. The summed E-state index contributed by atoms with van der Waals surface area (Å²) in [5.74, 6) is -1.54. The van der Waals surface area contributed by atoms with Crippen LogP contribution >= 0.6 is 7.75 Å². The summed E-state index contributed by atoms with van der Waals surface area (Å²) in [7, 11) is -2.83. The molecule has 0 aliphatic carbocycles. The van der Waals surface area contributed by atoms with Gasteiger partial charge in [-0.25, -0.2) is 18.9 Å². The van der Waals surface area contributed by atoms with Gasteiger partial charge in [0.2, 0.25) is 5.96 Å². The summed E-state index contributed by atoms with van der Waals surface area (Å²) < 4.78 is 47.0. The molecule has 0 radical (unpaired) electrons. The van der Waals surface area contributed by atoms with Crippen LogP contribution in [0.3, 0.4) is 0 Å². The molecule has 14 nitrogen and oxygen atoms in total. The highest BCUT2D eigenvalue weighted by atomic mass is 31.2. The molecule has 0 aliphatic rings. The molecule has 0 spiro atoms. The second kappa shape index (κ2) is 19.6. The van der Waals surface area contributed by atoms with Gasteiger partial charge in [-0.1, -0.05) is 26.7 Å². The standard InChI is InChI=1S/C21H40N3O11P/c1-5-7-11-30-20(27)32-13-9-15-34-36(29,23-19(22)24(4)17(3)18(25)26)35-16-10-14-33-21(28)31-12-8-6-2/h17H,5-16H2,1-4H3,(H,25,26)(H2,22,23,29). The van der Waals surface area contributed by atoms with Crippen molar-refractivity contribution in [3.8, 4) is 0 Å². The van der Waals surface area contributed by atoms with Crippen LogP contribution in [-0.2, 0) is 37.4 Å². The Labute approximate surface area is 212 Å². The van der Waals surface area contributed by atoms with Crippen molar-refractivity contribution in [1.29, 1.82) is 0 Å². The molecule has 0 fully saturated rings. The summed E-state index contributed by atoms with van der Waals surface area (Å²) in [5, 5.41) is 9.14. The Hall–Kier alpha value is -2.57. The summed E-state index contributed by atoms with van der Waals surface area (Å²) in [6.07, 6.45) is 1.85. The Morgan fingerprint density at radius 1 is 0.833 bits per heavy atom. The number of likely N-dealkylation sites (N-methyl/N-ethyl adjacent to an activating group) is 1. The fourth-order valence-electron chi connectivity index (χ4n) is 2.13. The number of nitrogens with two attached hydrogens (primary N) is 1. The third kappa shape index (κ3) is 16.2. The van der Waals surface area contributed by atoms with Gasteiger partial charge in [0.15, 0.2) is 0 Å². The molecule has 0 rings (SSSR count). The Kier molecular flexibility index (Phi) is 18.2. The zero-order chi connectivity index (χ0) is 27.4. The van der Waals surface area contributed by atoms with Gasteiger partial charge in [0.1, 0.15) is 6.04 Å². The normalized spacial score (nSPS) is 12.5. The number of guanidine groups is 1. The molecule has 15 heteroatoms. The number of rotatable bonds is 19. The van der Waals surface area contributed by atoms with E-state index in [-0.39, 0.29) is 58.4 Å². The van der Waals surface area contributed by atoms with Gasteiger partial charge in [0.25, 0.3) is 0 Å². The lowest BCUT2D eigenvalue weighted by Gasteiger charge is -2.23. The summed E-state index contributed by atoms with van der Waals surface area (Å²) in [4.78, 5) is 35.2. The van der Waals surface area contributed by atoms with Gasteiger partial charge in [-0.3, -0.25) is 9.05 Å². The number of carbonyl (C=O) groups is 3. The number of carbonyl (C=O) groups excluding carboxylic acids is 2. The van der Waals surface area contributed by atoms with E-state index in [9.17, 15) is 18.9 Å². The molecule has 0 aromatic heterocycles. The Bertz CT molecular complexity index is 700. The summed E-state index contributed by atoms with van der Waals surface area (Å²) in [6, 6.07) is -1.05. The number of unbranched alkanes of at least 4 members (excludes halogenated alkanes) is 2. The van der Waals surface area contributed by atoms with E-state index in [1.807, 2.05) is 13.8 Å². The van der Waals surface area contributed by atoms with Gasteiger partial charge in [-0.05, 0) is 19.8 Å². The van der Waals surface area contributed by atoms with Crippen molar-refractivity contribution >= 4 is 32.0 Å². The maximum atomic E-state index is 13.1. The van der Waals surface area contributed by atoms with Crippen molar-refractivity contribution in [1.82, 2.24) is 4.90 Å². The van der Waals surface area contributed by atoms with Crippen LogP contribution in [0.25, 0.3) is 0 Å². The molecule has 0 bridgehead atoms. The highest BCUT2D eigenvalue weighted by Gasteiger charge is 2.28. The van der Waals surface area contributed by atoms with Gasteiger partial charge in [-0.2, -0.15) is 0 Å². The van der Waals surface area contributed by atoms with Crippen LogP contribution in [0.2, 0.25) is 0 Å². The highest BCUT2D eigenvalue weighted by molar-refractivity contribution is 7.52. The van der Waals surface area contributed by atoms with E-state index >= 15 is 0 Å². The molecule has 1 atom stereocenters. The predicted molar refractivity (Wildman–Crippen MR) is 130 cm³/mol. The number of aliphatic carboxylic acids is 1. The van der Waals surface area contributed by atoms with E-state index in [2.05, 4.69) is 4.76 Å². The fourth-order valence-corrected chi connectivity index (χ4v) is 3.43. The summed E-state index contributed by atoms with van der Waals surface area (Å²) >= 11 is 0. The topological polar surface area (TPSA) is 186 Å². The molecule has 0 amide bonds. The average Bonchev–Trinajstić information content (AvgIpc) is 2.82. The van der Waals surface area contributed by atoms with Crippen molar-refractivity contribution in [2.24, 2.45) is 10.5 Å². The summed E-state index contributed by atoms with van der Waals surface area (Å²) in [5.41, 5.74) is 5.81. The van der Waals surface area contributed by atoms with Gasteiger partial charge < -0.3 is 34.7 Å². The van der Waals surface area contributed by atoms with E-state index in [0.29, 0.717) is 0 Å². The molecule has 210 valence electrons. The van der Waals surface area contributed by atoms with Crippen molar-refractivity contribution in [3.05, 3.63) is 0 Å². The lowest BCUT2D eigenvalue weighted by molar-refractivity contribution is -0.140. The minimum Gasteiger partial charge on any atom is -0.480 e. The molecule has 0 heterocycles. The largest absolute Gasteiger partial charge is 0.508 e. The number of nitrogens with zero attached hydrogens (tertiary/aromatic N) is 2. The minimum absolute atomic E-state index is 0.0614. The smallest absolute Gasteiger partial charge is 0.480 e. The van der Waals surface area contributed by atoms with Gasteiger partial charge in [0.05, 0.1) is 39.6 Å². The quantitative estimate of drug-likeness (QED) is 0.0796. The molecular weight excluding hydrogens is 501 g/mol.